The molecule has 1 heterocycles. The second-order valence-electron chi connectivity index (χ2n) is 6.46. The smallest absolute Gasteiger partial charge is 0.125 e. The topological polar surface area (TPSA) is 37.8 Å². The van der Waals surface area contributed by atoms with Gasteiger partial charge >= 0.3 is 0 Å². The van der Waals surface area contributed by atoms with Crippen LogP contribution in [0.4, 0.5) is 0 Å². The third-order valence-electron chi connectivity index (χ3n) is 5.12. The van der Waals surface area contributed by atoms with Crippen molar-refractivity contribution in [3.8, 4) is 0 Å². The molecule has 19 heavy (non-hydrogen) atoms. The van der Waals surface area contributed by atoms with Gasteiger partial charge in [-0.05, 0) is 56.9 Å². The Bertz CT molecular complexity index is 414. The highest BCUT2D eigenvalue weighted by Crippen LogP contribution is 2.48. The maximum atomic E-state index is 4.45. The number of aromatic nitrogens is 2. The van der Waals surface area contributed by atoms with E-state index in [1.807, 2.05) is 19.2 Å². The highest BCUT2D eigenvalue weighted by Gasteiger charge is 2.37. The molecule has 0 aliphatic heterocycles. The van der Waals surface area contributed by atoms with Crippen molar-refractivity contribution >= 4 is 0 Å². The van der Waals surface area contributed by atoms with Crippen LogP contribution >= 0.6 is 0 Å². The largest absolute Gasteiger partial charge is 0.308 e. The number of hydrogen-bond acceptors (Lipinski definition) is 3. The standard InChI is InChI=1S/C16H25N3/c1-13-17-11-6-15(19-13)12-18-14-4-9-16(10-5-14)7-2-3-8-16/h6,11,14,18H,2-5,7-10,12H2,1H3. The number of nitrogens with one attached hydrogen (secondary N) is 1. The Morgan fingerprint density at radius 3 is 2.63 bits per heavy atom. The highest BCUT2D eigenvalue weighted by atomic mass is 15.0. The van der Waals surface area contributed by atoms with Crippen LogP contribution in [0.1, 0.15) is 62.9 Å². The van der Waals surface area contributed by atoms with Gasteiger partial charge in [0.1, 0.15) is 5.82 Å². The normalized spacial score (nSPS) is 23.0. The number of hydrogen-bond donors (Lipinski definition) is 1. The van der Waals surface area contributed by atoms with Crippen LogP contribution in [0, 0.1) is 12.3 Å². The molecule has 0 atom stereocenters. The molecule has 0 radical (unpaired) electrons. The molecular formula is C16H25N3. The molecule has 3 rings (SSSR count). The molecule has 0 unspecified atom stereocenters. The minimum absolute atomic E-state index is 0.696. The van der Waals surface area contributed by atoms with E-state index < -0.39 is 0 Å². The second kappa shape index (κ2) is 5.58. The van der Waals surface area contributed by atoms with Crippen molar-refractivity contribution in [2.24, 2.45) is 5.41 Å². The predicted octanol–water partition coefficient (Wildman–Crippen LogP) is 3.38. The molecule has 0 aromatic carbocycles. The van der Waals surface area contributed by atoms with Crippen LogP contribution in [-0.2, 0) is 6.54 Å². The zero-order chi connectivity index (χ0) is 13.1. The molecule has 1 spiro atoms. The second-order valence-corrected chi connectivity index (χ2v) is 6.46. The fraction of sp³-hybridized carbons (Fsp3) is 0.750. The molecule has 1 aromatic rings. The summed E-state index contributed by atoms with van der Waals surface area (Å²) in [7, 11) is 0. The predicted molar refractivity (Wildman–Crippen MR) is 76.8 cm³/mol. The van der Waals surface area contributed by atoms with E-state index in [0.29, 0.717) is 6.04 Å². The van der Waals surface area contributed by atoms with Gasteiger partial charge in [-0.15, -0.1) is 0 Å². The number of aryl methyl sites for hydroxylation is 1. The summed E-state index contributed by atoms with van der Waals surface area (Å²) in [6.45, 7) is 2.84. The van der Waals surface area contributed by atoms with E-state index in [0.717, 1.165) is 23.5 Å². The Kier molecular flexibility index (Phi) is 3.83. The summed E-state index contributed by atoms with van der Waals surface area (Å²) in [5.41, 5.74) is 1.86. The summed E-state index contributed by atoms with van der Waals surface area (Å²) < 4.78 is 0. The van der Waals surface area contributed by atoms with Gasteiger partial charge in [0, 0.05) is 18.8 Å². The third-order valence-corrected chi connectivity index (χ3v) is 5.12. The summed E-state index contributed by atoms with van der Waals surface area (Å²) in [5.74, 6) is 0.868. The van der Waals surface area contributed by atoms with Crippen molar-refractivity contribution in [1.29, 1.82) is 0 Å². The van der Waals surface area contributed by atoms with Crippen LogP contribution in [0.2, 0.25) is 0 Å². The van der Waals surface area contributed by atoms with Crippen molar-refractivity contribution in [3.05, 3.63) is 23.8 Å². The molecule has 0 amide bonds. The van der Waals surface area contributed by atoms with Crippen LogP contribution < -0.4 is 5.32 Å². The monoisotopic (exact) mass is 259 g/mol. The van der Waals surface area contributed by atoms with Crippen LogP contribution in [0.15, 0.2) is 12.3 Å². The van der Waals surface area contributed by atoms with Gasteiger partial charge in [-0.3, -0.25) is 0 Å². The van der Waals surface area contributed by atoms with E-state index in [-0.39, 0.29) is 0 Å². The first-order valence-electron chi connectivity index (χ1n) is 7.78. The highest BCUT2D eigenvalue weighted by molar-refractivity contribution is 5.01. The molecule has 2 fully saturated rings. The first-order chi connectivity index (χ1) is 9.26. The maximum Gasteiger partial charge on any atom is 0.125 e. The summed E-state index contributed by atoms with van der Waals surface area (Å²) in [4.78, 5) is 8.60. The Morgan fingerprint density at radius 2 is 1.95 bits per heavy atom. The molecule has 3 nitrogen and oxygen atoms in total. The van der Waals surface area contributed by atoms with Gasteiger partial charge in [-0.25, -0.2) is 9.97 Å². The van der Waals surface area contributed by atoms with Gasteiger partial charge in [0.25, 0.3) is 0 Å². The van der Waals surface area contributed by atoms with Gasteiger partial charge in [0.15, 0.2) is 0 Å². The molecule has 0 saturated heterocycles. The fourth-order valence-corrected chi connectivity index (χ4v) is 3.91. The van der Waals surface area contributed by atoms with Crippen molar-refractivity contribution in [2.45, 2.75) is 70.9 Å². The summed E-state index contributed by atoms with van der Waals surface area (Å²) in [5, 5.41) is 3.68. The lowest BCUT2D eigenvalue weighted by Gasteiger charge is -2.37. The molecule has 2 saturated carbocycles. The molecular weight excluding hydrogens is 234 g/mol. The Morgan fingerprint density at radius 1 is 1.21 bits per heavy atom. The first-order valence-corrected chi connectivity index (χ1v) is 7.78. The lowest BCUT2D eigenvalue weighted by atomic mass is 9.71. The molecule has 1 aromatic heterocycles. The van der Waals surface area contributed by atoms with Gasteiger partial charge in [-0.2, -0.15) is 0 Å². The molecule has 104 valence electrons. The van der Waals surface area contributed by atoms with Crippen molar-refractivity contribution in [1.82, 2.24) is 15.3 Å². The first kappa shape index (κ1) is 13.0. The molecule has 2 aliphatic carbocycles. The van der Waals surface area contributed by atoms with Crippen molar-refractivity contribution < 1.29 is 0 Å². The minimum Gasteiger partial charge on any atom is -0.308 e. The minimum atomic E-state index is 0.696. The average Bonchev–Trinajstić information content (AvgIpc) is 2.87. The SMILES string of the molecule is Cc1nccc(CNC2CCC3(CCCC3)CC2)n1. The van der Waals surface area contributed by atoms with Gasteiger partial charge < -0.3 is 5.32 Å². The van der Waals surface area contributed by atoms with Crippen LogP contribution in [0.3, 0.4) is 0 Å². The zero-order valence-corrected chi connectivity index (χ0v) is 12.0. The van der Waals surface area contributed by atoms with Gasteiger partial charge in [-0.1, -0.05) is 12.8 Å². The maximum absolute atomic E-state index is 4.45. The zero-order valence-electron chi connectivity index (χ0n) is 12.0. The molecule has 1 N–H and O–H groups in total. The van der Waals surface area contributed by atoms with E-state index in [2.05, 4.69) is 15.3 Å². The summed E-state index contributed by atoms with van der Waals surface area (Å²) in [6.07, 6.45) is 13.4. The molecule has 3 heteroatoms. The molecule has 2 aliphatic rings. The van der Waals surface area contributed by atoms with E-state index in [1.54, 1.807) is 0 Å². The summed E-state index contributed by atoms with van der Waals surface area (Å²) in [6, 6.07) is 2.71. The van der Waals surface area contributed by atoms with E-state index in [9.17, 15) is 0 Å². The van der Waals surface area contributed by atoms with E-state index in [4.69, 9.17) is 0 Å². The van der Waals surface area contributed by atoms with Crippen LogP contribution in [0.5, 0.6) is 0 Å². The lowest BCUT2D eigenvalue weighted by Crippen LogP contribution is -2.36. The van der Waals surface area contributed by atoms with Crippen LogP contribution in [0.25, 0.3) is 0 Å². The van der Waals surface area contributed by atoms with Crippen molar-refractivity contribution in [2.75, 3.05) is 0 Å². The van der Waals surface area contributed by atoms with Gasteiger partial charge in [0.2, 0.25) is 0 Å². The Labute approximate surface area is 116 Å². The quantitative estimate of drug-likeness (QED) is 0.904. The fourth-order valence-electron chi connectivity index (χ4n) is 3.91. The third kappa shape index (κ3) is 3.14. The Balaban J connectivity index is 1.47. The van der Waals surface area contributed by atoms with Crippen molar-refractivity contribution in [3.63, 3.8) is 0 Å². The van der Waals surface area contributed by atoms with E-state index in [1.165, 1.54) is 51.4 Å². The number of nitrogens with zero attached hydrogens (tertiary/aromatic N) is 2. The summed E-state index contributed by atoms with van der Waals surface area (Å²) >= 11 is 0. The lowest BCUT2D eigenvalue weighted by molar-refractivity contribution is 0.168. The number of rotatable bonds is 3. The van der Waals surface area contributed by atoms with Gasteiger partial charge in [0.05, 0.1) is 5.69 Å². The average molecular weight is 259 g/mol. The Hall–Kier alpha value is -0.960. The van der Waals surface area contributed by atoms with Crippen LogP contribution in [-0.4, -0.2) is 16.0 Å². The van der Waals surface area contributed by atoms with E-state index >= 15 is 0 Å². The molecule has 0 bridgehead atoms.